The Morgan fingerprint density at radius 3 is 2.46 bits per heavy atom. The Balaban J connectivity index is 2.10. The first-order valence-electron chi connectivity index (χ1n) is 7.66. The average molecular weight is 408 g/mol. The molecule has 1 saturated heterocycles. The third-order valence-corrected chi connectivity index (χ3v) is 7.23. The molecule has 0 unspecified atom stereocenters. The van der Waals surface area contributed by atoms with Crippen molar-refractivity contribution in [3.8, 4) is 0 Å². The second-order valence-electron chi connectivity index (χ2n) is 6.04. The highest BCUT2D eigenvalue weighted by atomic mass is 32.2. The minimum Gasteiger partial charge on any atom is -0.465 e. The molecule has 1 aromatic heterocycles. The number of ether oxygens (including phenoxy) is 1. The summed E-state index contributed by atoms with van der Waals surface area (Å²) in [6.07, 6.45) is 0.226. The molecule has 2 N–H and O–H groups in total. The van der Waals surface area contributed by atoms with Crippen molar-refractivity contribution in [3.63, 3.8) is 0 Å². The highest BCUT2D eigenvalue weighted by Crippen LogP contribution is 2.27. The molecule has 0 aliphatic carbocycles. The molecule has 1 aliphatic rings. The van der Waals surface area contributed by atoms with Crippen molar-refractivity contribution >= 4 is 31.7 Å². The van der Waals surface area contributed by atoms with Gasteiger partial charge in [-0.3, -0.25) is 10.2 Å². The van der Waals surface area contributed by atoms with E-state index in [9.17, 15) is 26.4 Å². The molecule has 146 valence electrons. The molecule has 1 aliphatic heterocycles. The summed E-state index contributed by atoms with van der Waals surface area (Å²) in [6.45, 7) is 2.77. The zero-order valence-corrected chi connectivity index (χ0v) is 16.1. The van der Waals surface area contributed by atoms with E-state index < -0.39 is 36.6 Å². The number of rotatable bonds is 6. The van der Waals surface area contributed by atoms with Gasteiger partial charge in [0, 0.05) is 6.42 Å². The summed E-state index contributed by atoms with van der Waals surface area (Å²) >= 11 is 0. The summed E-state index contributed by atoms with van der Waals surface area (Å²) in [7, 11) is -6.33. The number of aryl methyl sites for hydroxylation is 2. The van der Waals surface area contributed by atoms with Crippen LogP contribution in [0.25, 0.3) is 0 Å². The van der Waals surface area contributed by atoms with Crippen molar-refractivity contribution in [1.29, 1.82) is 0 Å². The van der Waals surface area contributed by atoms with E-state index in [0.29, 0.717) is 6.42 Å². The molecular formula is C14H20N2O8S2. The van der Waals surface area contributed by atoms with Crippen molar-refractivity contribution in [2.75, 3.05) is 18.6 Å². The minimum atomic E-state index is -4.30. The summed E-state index contributed by atoms with van der Waals surface area (Å²) in [5.41, 5.74) is 1.77. The van der Waals surface area contributed by atoms with E-state index in [-0.39, 0.29) is 40.9 Å². The van der Waals surface area contributed by atoms with Gasteiger partial charge in [0.05, 0.1) is 18.6 Å². The number of methoxy groups -OCH3 is 1. The number of carbonyl (C=O) groups is 2. The first-order chi connectivity index (χ1) is 12.0. The number of carbonyl (C=O) groups excluding carboxylic acids is 2. The number of hydrogen-bond acceptors (Lipinski definition) is 8. The van der Waals surface area contributed by atoms with Crippen molar-refractivity contribution < 1.29 is 35.6 Å². The van der Waals surface area contributed by atoms with E-state index in [2.05, 4.69) is 4.74 Å². The summed E-state index contributed by atoms with van der Waals surface area (Å²) in [6, 6.07) is 0. The molecule has 26 heavy (non-hydrogen) atoms. The molecule has 0 bridgehead atoms. The largest absolute Gasteiger partial charge is 0.465 e. The van der Waals surface area contributed by atoms with Gasteiger partial charge in [-0.15, -0.1) is 4.83 Å². The number of furan rings is 1. The molecular weight excluding hydrogens is 388 g/mol. The van der Waals surface area contributed by atoms with E-state index >= 15 is 0 Å². The van der Waals surface area contributed by atoms with Crippen molar-refractivity contribution in [1.82, 2.24) is 10.3 Å². The molecule has 0 spiro atoms. The van der Waals surface area contributed by atoms with E-state index in [1.807, 2.05) is 10.3 Å². The minimum absolute atomic E-state index is 0.0205. The Bertz CT molecular complexity index is 930. The fraction of sp³-hybridized carbons (Fsp3) is 0.571. The fourth-order valence-electron chi connectivity index (χ4n) is 2.85. The maximum Gasteiger partial charge on any atom is 0.342 e. The van der Waals surface area contributed by atoms with Crippen molar-refractivity contribution in [3.05, 3.63) is 17.1 Å². The second kappa shape index (κ2) is 7.37. The zero-order chi connectivity index (χ0) is 19.7. The summed E-state index contributed by atoms with van der Waals surface area (Å²) < 4.78 is 57.5. The van der Waals surface area contributed by atoms with Gasteiger partial charge < -0.3 is 9.15 Å². The molecule has 1 atom stereocenters. The number of hydrazine groups is 1. The van der Waals surface area contributed by atoms with Crippen LogP contribution in [0.2, 0.25) is 0 Å². The molecule has 1 fully saturated rings. The lowest BCUT2D eigenvalue weighted by Gasteiger charge is -2.11. The predicted molar refractivity (Wildman–Crippen MR) is 89.4 cm³/mol. The number of nitrogens with one attached hydrogen (secondary N) is 2. The monoisotopic (exact) mass is 408 g/mol. The summed E-state index contributed by atoms with van der Waals surface area (Å²) in [5, 5.41) is 0. The molecule has 0 saturated carbocycles. The number of hydrogen-bond donors (Lipinski definition) is 2. The number of sulfonamides is 1. The van der Waals surface area contributed by atoms with Crippen LogP contribution in [0.3, 0.4) is 0 Å². The first kappa shape index (κ1) is 20.4. The second-order valence-corrected chi connectivity index (χ2v) is 9.88. The fourth-order valence-corrected chi connectivity index (χ4v) is 5.97. The quantitative estimate of drug-likeness (QED) is 0.486. The van der Waals surface area contributed by atoms with Crippen molar-refractivity contribution in [2.45, 2.75) is 31.6 Å². The SMILES string of the molecule is COC(=O)c1c(C)oc(C)c1S(=O)(=O)NNC(=O)C[C@@H]1CCS(=O)(=O)C1. The third kappa shape index (κ3) is 4.43. The maximum atomic E-state index is 12.5. The van der Waals surface area contributed by atoms with Gasteiger partial charge in [-0.2, -0.15) is 0 Å². The molecule has 10 nitrogen and oxygen atoms in total. The van der Waals surface area contributed by atoms with Crippen LogP contribution >= 0.6 is 0 Å². The lowest BCUT2D eigenvalue weighted by Crippen LogP contribution is -2.42. The molecule has 1 amide bonds. The van der Waals surface area contributed by atoms with Gasteiger partial charge in [-0.1, -0.05) is 0 Å². The Labute approximate surface area is 151 Å². The molecule has 2 rings (SSSR count). The van der Waals surface area contributed by atoms with Crippen LogP contribution in [0.4, 0.5) is 0 Å². The lowest BCUT2D eigenvalue weighted by atomic mass is 10.1. The van der Waals surface area contributed by atoms with Gasteiger partial charge in [0.1, 0.15) is 22.0 Å². The highest BCUT2D eigenvalue weighted by Gasteiger charge is 2.33. The molecule has 1 aromatic rings. The number of esters is 1. The van der Waals surface area contributed by atoms with Gasteiger partial charge in [0.15, 0.2) is 9.84 Å². The lowest BCUT2D eigenvalue weighted by molar-refractivity contribution is -0.122. The van der Waals surface area contributed by atoms with E-state index in [4.69, 9.17) is 4.42 Å². The van der Waals surface area contributed by atoms with Gasteiger partial charge in [-0.25, -0.2) is 21.6 Å². The van der Waals surface area contributed by atoms with Crippen LogP contribution in [0.1, 0.15) is 34.7 Å². The first-order valence-corrected chi connectivity index (χ1v) is 11.0. The Morgan fingerprint density at radius 2 is 1.92 bits per heavy atom. The maximum absolute atomic E-state index is 12.5. The van der Waals surface area contributed by atoms with Crippen LogP contribution in [0.15, 0.2) is 9.31 Å². The highest BCUT2D eigenvalue weighted by molar-refractivity contribution is 7.91. The van der Waals surface area contributed by atoms with Crippen LogP contribution in [0.5, 0.6) is 0 Å². The molecule has 12 heteroatoms. The standard InChI is InChI=1S/C14H20N2O8S2/c1-8-12(14(18)23-3)13(9(2)24-8)26(21,22)16-15-11(17)6-10-4-5-25(19,20)7-10/h10,16H,4-7H2,1-3H3,(H,15,17)/t10-/m0/s1. The van der Waals surface area contributed by atoms with E-state index in [0.717, 1.165) is 7.11 Å². The smallest absolute Gasteiger partial charge is 0.342 e. The Morgan fingerprint density at radius 1 is 1.27 bits per heavy atom. The van der Waals surface area contributed by atoms with Crippen molar-refractivity contribution in [2.24, 2.45) is 5.92 Å². The zero-order valence-electron chi connectivity index (χ0n) is 14.5. The Kier molecular flexibility index (Phi) is 5.78. The van der Waals surface area contributed by atoms with E-state index in [1.54, 1.807) is 0 Å². The number of sulfone groups is 1. The normalized spacial score (nSPS) is 19.3. The third-order valence-electron chi connectivity index (χ3n) is 3.99. The Hall–Kier alpha value is -1.92. The molecule has 0 aromatic carbocycles. The van der Waals surface area contributed by atoms with Crippen LogP contribution < -0.4 is 10.3 Å². The van der Waals surface area contributed by atoms with Crippen LogP contribution in [0, 0.1) is 19.8 Å². The summed E-state index contributed by atoms with van der Waals surface area (Å²) in [4.78, 5) is 25.2. The van der Waals surface area contributed by atoms with Crippen LogP contribution in [-0.2, 0) is 29.4 Å². The summed E-state index contributed by atoms with van der Waals surface area (Å²) in [5.74, 6) is -1.96. The molecule has 2 heterocycles. The van der Waals surface area contributed by atoms with Gasteiger partial charge in [0.2, 0.25) is 5.91 Å². The van der Waals surface area contributed by atoms with E-state index in [1.165, 1.54) is 13.8 Å². The van der Waals surface area contributed by atoms with Gasteiger partial charge in [0.25, 0.3) is 10.0 Å². The number of amides is 1. The van der Waals surface area contributed by atoms with Crippen LogP contribution in [-0.4, -0.2) is 47.3 Å². The molecule has 0 radical (unpaired) electrons. The van der Waals surface area contributed by atoms with Gasteiger partial charge in [-0.05, 0) is 26.2 Å². The predicted octanol–water partition coefficient (Wildman–Crippen LogP) is -0.183. The topological polar surface area (TPSA) is 149 Å². The average Bonchev–Trinajstić information content (AvgIpc) is 3.03. The van der Waals surface area contributed by atoms with Gasteiger partial charge >= 0.3 is 5.97 Å².